The van der Waals surface area contributed by atoms with Crippen molar-refractivity contribution < 1.29 is 0 Å². The zero-order valence-corrected chi connectivity index (χ0v) is 12.0. The highest BCUT2D eigenvalue weighted by Gasteiger charge is 2.21. The van der Waals surface area contributed by atoms with Gasteiger partial charge in [0.1, 0.15) is 0 Å². The van der Waals surface area contributed by atoms with Crippen LogP contribution in [0.15, 0.2) is 48.8 Å². The summed E-state index contributed by atoms with van der Waals surface area (Å²) in [5.74, 6) is 0.783. The molecule has 0 radical (unpaired) electrons. The number of rotatable bonds is 5. The third-order valence-electron chi connectivity index (χ3n) is 4.25. The van der Waals surface area contributed by atoms with Gasteiger partial charge in [-0.2, -0.15) is 0 Å². The molecule has 0 amide bonds. The predicted octanol–water partition coefficient (Wildman–Crippen LogP) is 4.05. The molecule has 2 heteroatoms. The number of nitrogens with zero attached hydrogens (tertiary/aromatic N) is 1. The first kappa shape index (κ1) is 13.3. The van der Waals surface area contributed by atoms with Gasteiger partial charge >= 0.3 is 0 Å². The lowest BCUT2D eigenvalue weighted by Gasteiger charge is -2.27. The molecule has 1 unspecified atom stereocenters. The quantitative estimate of drug-likeness (QED) is 0.883. The third-order valence-corrected chi connectivity index (χ3v) is 4.25. The van der Waals surface area contributed by atoms with Gasteiger partial charge < -0.3 is 5.32 Å². The van der Waals surface area contributed by atoms with E-state index >= 15 is 0 Å². The Morgan fingerprint density at radius 2 is 2.05 bits per heavy atom. The molecule has 104 valence electrons. The van der Waals surface area contributed by atoms with Gasteiger partial charge in [0.15, 0.2) is 0 Å². The van der Waals surface area contributed by atoms with Crippen LogP contribution in [0.5, 0.6) is 0 Å². The van der Waals surface area contributed by atoms with Crippen molar-refractivity contribution in [3.63, 3.8) is 0 Å². The largest absolute Gasteiger partial charge is 0.306 e. The average Bonchev–Trinajstić information content (AvgIpc) is 2.44. The molecule has 1 saturated carbocycles. The first-order chi connectivity index (χ1) is 9.88. The van der Waals surface area contributed by atoms with E-state index < -0.39 is 0 Å². The van der Waals surface area contributed by atoms with Gasteiger partial charge in [0, 0.05) is 12.4 Å². The summed E-state index contributed by atoms with van der Waals surface area (Å²) in [6.45, 7) is 3.10. The molecule has 1 N–H and O–H groups in total. The Kier molecular flexibility index (Phi) is 4.12. The summed E-state index contributed by atoms with van der Waals surface area (Å²) in [6.07, 6.45) is 7.87. The highest BCUT2D eigenvalue weighted by Crippen LogP contribution is 2.37. The molecule has 0 saturated heterocycles. The Morgan fingerprint density at radius 3 is 2.70 bits per heavy atom. The van der Waals surface area contributed by atoms with Crippen molar-refractivity contribution in [3.05, 3.63) is 65.5 Å². The van der Waals surface area contributed by atoms with Crippen molar-refractivity contribution in [1.29, 1.82) is 0 Å². The summed E-state index contributed by atoms with van der Waals surface area (Å²) in [4.78, 5) is 4.26. The molecule has 0 bridgehead atoms. The molecule has 1 aliphatic rings. The normalized spacial score (nSPS) is 16.6. The summed E-state index contributed by atoms with van der Waals surface area (Å²) in [6, 6.07) is 13.5. The minimum atomic E-state index is 0.244. The highest BCUT2D eigenvalue weighted by molar-refractivity contribution is 5.35. The molecule has 3 rings (SSSR count). The smallest absolute Gasteiger partial charge is 0.0591 e. The molecule has 2 nitrogen and oxygen atoms in total. The van der Waals surface area contributed by atoms with Gasteiger partial charge in [-0.15, -0.1) is 0 Å². The molecule has 2 aromatic rings. The Morgan fingerprint density at radius 1 is 1.20 bits per heavy atom. The molecule has 0 aliphatic heterocycles. The average molecular weight is 266 g/mol. The third kappa shape index (κ3) is 2.75. The fourth-order valence-corrected chi connectivity index (χ4v) is 2.91. The van der Waals surface area contributed by atoms with Crippen LogP contribution in [-0.4, -0.2) is 11.5 Å². The van der Waals surface area contributed by atoms with E-state index in [9.17, 15) is 0 Å². The number of benzene rings is 1. The van der Waals surface area contributed by atoms with Crippen LogP contribution >= 0.6 is 0 Å². The molecule has 1 aromatic heterocycles. The molecule has 1 aromatic carbocycles. The topological polar surface area (TPSA) is 24.9 Å². The van der Waals surface area contributed by atoms with E-state index in [1.165, 1.54) is 36.0 Å². The van der Waals surface area contributed by atoms with Crippen LogP contribution in [0.3, 0.4) is 0 Å². The molecular weight excluding hydrogens is 244 g/mol. The second-order valence-electron chi connectivity index (χ2n) is 5.57. The maximum atomic E-state index is 4.26. The second kappa shape index (κ2) is 6.19. The van der Waals surface area contributed by atoms with E-state index in [4.69, 9.17) is 0 Å². The van der Waals surface area contributed by atoms with Crippen molar-refractivity contribution in [2.24, 2.45) is 0 Å². The molecule has 0 spiro atoms. The van der Waals surface area contributed by atoms with Gasteiger partial charge in [0.2, 0.25) is 0 Å². The first-order valence-electron chi connectivity index (χ1n) is 7.61. The molecule has 1 fully saturated rings. The van der Waals surface area contributed by atoms with Gasteiger partial charge in [-0.05, 0) is 48.1 Å². The van der Waals surface area contributed by atoms with Crippen LogP contribution in [0.1, 0.15) is 54.8 Å². The van der Waals surface area contributed by atoms with Crippen LogP contribution in [0.25, 0.3) is 0 Å². The lowest BCUT2D eigenvalue weighted by molar-refractivity contribution is 0.419. The van der Waals surface area contributed by atoms with Gasteiger partial charge in [-0.3, -0.25) is 4.98 Å². The number of hydrogen-bond donors (Lipinski definition) is 1. The lowest BCUT2D eigenvalue weighted by Crippen LogP contribution is -2.22. The van der Waals surface area contributed by atoms with Gasteiger partial charge in [-0.25, -0.2) is 0 Å². The van der Waals surface area contributed by atoms with Gasteiger partial charge in [0.25, 0.3) is 0 Å². The number of pyridine rings is 1. The maximum Gasteiger partial charge on any atom is 0.0591 e. The van der Waals surface area contributed by atoms with E-state index in [1.54, 1.807) is 0 Å². The summed E-state index contributed by atoms with van der Waals surface area (Å²) >= 11 is 0. The minimum Gasteiger partial charge on any atom is -0.306 e. The highest BCUT2D eigenvalue weighted by atomic mass is 14.9. The SMILES string of the molecule is CCNC(c1cccnc1)c1cccc(C2CCC2)c1. The Balaban J connectivity index is 1.91. The van der Waals surface area contributed by atoms with E-state index in [1.807, 2.05) is 18.5 Å². The molecule has 1 heterocycles. The van der Waals surface area contributed by atoms with E-state index in [-0.39, 0.29) is 6.04 Å². The lowest BCUT2D eigenvalue weighted by atomic mass is 9.79. The monoisotopic (exact) mass is 266 g/mol. The summed E-state index contributed by atoms with van der Waals surface area (Å²) < 4.78 is 0. The fourth-order valence-electron chi connectivity index (χ4n) is 2.91. The molecular formula is C18H22N2. The number of hydrogen-bond acceptors (Lipinski definition) is 2. The maximum absolute atomic E-state index is 4.26. The van der Waals surface area contributed by atoms with Crippen LogP contribution in [0, 0.1) is 0 Å². The fraction of sp³-hybridized carbons (Fsp3) is 0.389. The standard InChI is InChI=1S/C18H22N2/c1-2-20-18(17-10-5-11-19-13-17)16-9-4-8-15(12-16)14-6-3-7-14/h4-5,8-14,18,20H,2-3,6-7H2,1H3. The van der Waals surface area contributed by atoms with Crippen LogP contribution < -0.4 is 5.32 Å². The van der Waals surface area contributed by atoms with Crippen molar-refractivity contribution >= 4 is 0 Å². The first-order valence-corrected chi connectivity index (χ1v) is 7.61. The predicted molar refractivity (Wildman–Crippen MR) is 82.8 cm³/mol. The van der Waals surface area contributed by atoms with Gasteiger partial charge in [-0.1, -0.05) is 43.7 Å². The number of nitrogens with one attached hydrogen (secondary N) is 1. The van der Waals surface area contributed by atoms with E-state index in [0.717, 1.165) is 12.5 Å². The van der Waals surface area contributed by atoms with Gasteiger partial charge in [0.05, 0.1) is 6.04 Å². The zero-order chi connectivity index (χ0) is 13.8. The zero-order valence-electron chi connectivity index (χ0n) is 12.0. The molecule has 1 atom stereocenters. The Labute approximate surface area is 121 Å². The van der Waals surface area contributed by atoms with Crippen molar-refractivity contribution in [2.45, 2.75) is 38.1 Å². The van der Waals surface area contributed by atoms with Crippen molar-refractivity contribution in [2.75, 3.05) is 6.54 Å². The summed E-state index contributed by atoms with van der Waals surface area (Å²) in [7, 11) is 0. The summed E-state index contributed by atoms with van der Waals surface area (Å²) in [5, 5.41) is 3.58. The van der Waals surface area contributed by atoms with Crippen molar-refractivity contribution in [3.8, 4) is 0 Å². The van der Waals surface area contributed by atoms with Crippen molar-refractivity contribution in [1.82, 2.24) is 10.3 Å². The van der Waals surface area contributed by atoms with E-state index in [2.05, 4.69) is 47.6 Å². The Bertz CT molecular complexity index is 546. The Hall–Kier alpha value is -1.67. The van der Waals surface area contributed by atoms with Crippen LogP contribution in [0.2, 0.25) is 0 Å². The minimum absolute atomic E-state index is 0.244. The van der Waals surface area contributed by atoms with E-state index in [0.29, 0.717) is 0 Å². The second-order valence-corrected chi connectivity index (χ2v) is 5.57. The number of aromatic nitrogens is 1. The van der Waals surface area contributed by atoms with Crippen LogP contribution in [-0.2, 0) is 0 Å². The molecule has 20 heavy (non-hydrogen) atoms. The molecule has 1 aliphatic carbocycles. The summed E-state index contributed by atoms with van der Waals surface area (Å²) in [5.41, 5.74) is 4.09. The van der Waals surface area contributed by atoms with Crippen LogP contribution in [0.4, 0.5) is 0 Å².